The molecule has 0 aromatic rings. The van der Waals surface area contributed by atoms with Crippen molar-refractivity contribution in [3.63, 3.8) is 0 Å². The van der Waals surface area contributed by atoms with E-state index in [9.17, 15) is 17.8 Å². The van der Waals surface area contributed by atoms with Crippen LogP contribution in [0, 0.1) is 0 Å². The average Bonchev–Trinajstić information content (AvgIpc) is 2.01. The normalized spacial score (nSPS) is 12.5. The third-order valence-corrected chi connectivity index (χ3v) is 3.63. The van der Waals surface area contributed by atoms with Crippen LogP contribution in [0.2, 0.25) is 0 Å². The van der Waals surface area contributed by atoms with Gasteiger partial charge in [0.15, 0.2) is 0 Å². The van der Waals surface area contributed by atoms with Gasteiger partial charge in [0.2, 0.25) is 10.0 Å². The maximum atomic E-state index is 11.7. The Bertz CT molecular complexity index is 354. The van der Waals surface area contributed by atoms with Gasteiger partial charge < -0.3 is 9.05 Å². The second-order valence-corrected chi connectivity index (χ2v) is 6.18. The summed E-state index contributed by atoms with van der Waals surface area (Å²) in [6.45, 7) is 2.99. The maximum absolute atomic E-state index is 11.7. The Balaban J connectivity index is 4.79. The van der Waals surface area contributed by atoms with Gasteiger partial charge in [-0.15, -0.1) is 0 Å². The van der Waals surface area contributed by atoms with Crippen molar-refractivity contribution < 1.29 is 26.8 Å². The molecule has 90 valence electrons. The van der Waals surface area contributed by atoms with Crippen LogP contribution in [-0.4, -0.2) is 33.5 Å². The standard InChI is InChI=1S/C6H14NO6PS/c1-4-12-14(9,13-5-2)6(8)7-15(3,10)11/h4-5H2,1-3H3,(H,7,8). The highest BCUT2D eigenvalue weighted by Crippen LogP contribution is 2.48. The lowest BCUT2D eigenvalue weighted by molar-refractivity contribution is 0.209. The molecule has 0 fully saturated rings. The van der Waals surface area contributed by atoms with Crippen molar-refractivity contribution in [2.45, 2.75) is 13.8 Å². The summed E-state index contributed by atoms with van der Waals surface area (Å²) in [6, 6.07) is 0. The molecular formula is C6H14NO6PS. The van der Waals surface area contributed by atoms with Crippen LogP contribution in [0.3, 0.4) is 0 Å². The minimum absolute atomic E-state index is 0.0194. The van der Waals surface area contributed by atoms with E-state index in [4.69, 9.17) is 0 Å². The average molecular weight is 259 g/mol. The Hall–Kier alpha value is -0.430. The minimum Gasteiger partial charge on any atom is -0.302 e. The number of rotatable bonds is 6. The molecule has 0 aliphatic carbocycles. The van der Waals surface area contributed by atoms with E-state index in [-0.39, 0.29) is 13.2 Å². The lowest BCUT2D eigenvalue weighted by atomic mass is 10.9. The fourth-order valence-electron chi connectivity index (χ4n) is 0.709. The largest absolute Gasteiger partial charge is 0.419 e. The summed E-state index contributed by atoms with van der Waals surface area (Å²) in [6.07, 6.45) is 0.771. The highest BCUT2D eigenvalue weighted by molar-refractivity contribution is 7.91. The molecule has 0 aliphatic rings. The van der Waals surface area contributed by atoms with Gasteiger partial charge in [-0.25, -0.2) is 17.7 Å². The minimum atomic E-state index is -4.04. The lowest BCUT2D eigenvalue weighted by Gasteiger charge is -2.14. The SMILES string of the molecule is CCOP(=O)(OCC)C(=O)NS(C)(=O)=O. The first kappa shape index (κ1) is 14.6. The first-order chi connectivity index (χ1) is 6.75. The maximum Gasteiger partial charge on any atom is 0.419 e. The van der Waals surface area contributed by atoms with Crippen LogP contribution in [0.4, 0.5) is 4.79 Å². The summed E-state index contributed by atoms with van der Waals surface area (Å²) in [5.41, 5.74) is -1.27. The molecule has 1 amide bonds. The summed E-state index contributed by atoms with van der Waals surface area (Å²) >= 11 is 0. The predicted octanol–water partition coefficient (Wildman–Crippen LogP) is 0.922. The van der Waals surface area contributed by atoms with Crippen LogP contribution in [0.15, 0.2) is 0 Å². The molecule has 0 saturated heterocycles. The first-order valence-corrected chi connectivity index (χ1v) is 7.60. The number of nitrogens with one attached hydrogen (secondary N) is 1. The molecule has 0 saturated carbocycles. The van der Waals surface area contributed by atoms with Gasteiger partial charge in [0.05, 0.1) is 19.5 Å². The van der Waals surface area contributed by atoms with Crippen molar-refractivity contribution in [2.75, 3.05) is 19.5 Å². The van der Waals surface area contributed by atoms with Crippen LogP contribution in [0.5, 0.6) is 0 Å². The third kappa shape index (κ3) is 5.27. The Morgan fingerprint density at radius 3 is 1.93 bits per heavy atom. The van der Waals surface area contributed by atoms with Crippen LogP contribution < -0.4 is 4.72 Å². The van der Waals surface area contributed by atoms with Crippen LogP contribution in [0.1, 0.15) is 13.8 Å². The molecule has 0 bridgehead atoms. The smallest absolute Gasteiger partial charge is 0.302 e. The summed E-state index contributed by atoms with van der Waals surface area (Å²) < 4.78 is 44.0. The van der Waals surface area contributed by atoms with Crippen LogP contribution >= 0.6 is 7.60 Å². The highest BCUT2D eigenvalue weighted by atomic mass is 32.2. The van der Waals surface area contributed by atoms with E-state index in [1.165, 1.54) is 13.8 Å². The number of sulfonamides is 1. The van der Waals surface area contributed by atoms with Crippen LogP contribution in [-0.2, 0) is 23.6 Å². The number of amides is 1. The zero-order valence-electron chi connectivity index (χ0n) is 8.72. The fraction of sp³-hybridized carbons (Fsp3) is 0.833. The molecule has 7 nitrogen and oxygen atoms in total. The quantitative estimate of drug-likeness (QED) is 0.712. The number of hydrogen-bond acceptors (Lipinski definition) is 6. The van der Waals surface area contributed by atoms with Gasteiger partial charge in [0, 0.05) is 0 Å². The summed E-state index contributed by atoms with van der Waals surface area (Å²) in [5.74, 6) is 0. The molecule has 0 spiro atoms. The van der Waals surface area contributed by atoms with Crippen molar-refractivity contribution in [3.8, 4) is 0 Å². The van der Waals surface area contributed by atoms with Gasteiger partial charge in [-0.1, -0.05) is 0 Å². The predicted molar refractivity (Wildman–Crippen MR) is 54.2 cm³/mol. The Kier molecular flexibility index (Phi) is 5.44. The Labute approximate surface area is 88.7 Å². The van der Waals surface area contributed by atoms with E-state index in [1.807, 2.05) is 0 Å². The molecule has 0 aromatic carbocycles. The molecule has 0 heterocycles. The van der Waals surface area contributed by atoms with Crippen molar-refractivity contribution in [1.82, 2.24) is 4.72 Å². The molecular weight excluding hydrogens is 245 g/mol. The van der Waals surface area contributed by atoms with Gasteiger partial charge in [-0.2, -0.15) is 0 Å². The first-order valence-electron chi connectivity index (χ1n) is 4.16. The van der Waals surface area contributed by atoms with Gasteiger partial charge in [-0.05, 0) is 13.8 Å². The van der Waals surface area contributed by atoms with Gasteiger partial charge in [-0.3, -0.25) is 4.79 Å². The van der Waals surface area contributed by atoms with Gasteiger partial charge in [0.1, 0.15) is 0 Å². The molecule has 9 heteroatoms. The van der Waals surface area contributed by atoms with E-state index in [0.717, 1.165) is 6.26 Å². The number of carbonyl (C=O) groups excluding carboxylic acids is 1. The molecule has 0 unspecified atom stereocenters. The molecule has 0 aliphatic heterocycles. The molecule has 0 aromatic heterocycles. The highest BCUT2D eigenvalue weighted by Gasteiger charge is 2.36. The van der Waals surface area contributed by atoms with Gasteiger partial charge >= 0.3 is 13.2 Å². The summed E-state index contributed by atoms with van der Waals surface area (Å²) in [7, 11) is -7.81. The van der Waals surface area contributed by atoms with E-state index in [0.29, 0.717) is 0 Å². The van der Waals surface area contributed by atoms with Crippen LogP contribution in [0.25, 0.3) is 0 Å². The topological polar surface area (TPSA) is 98.8 Å². The Morgan fingerprint density at radius 2 is 1.67 bits per heavy atom. The van der Waals surface area contributed by atoms with Crippen molar-refractivity contribution in [3.05, 3.63) is 0 Å². The van der Waals surface area contributed by atoms with Crippen molar-refractivity contribution in [1.29, 1.82) is 0 Å². The van der Waals surface area contributed by atoms with Gasteiger partial charge in [0.25, 0.3) is 0 Å². The van der Waals surface area contributed by atoms with Crippen molar-refractivity contribution in [2.24, 2.45) is 0 Å². The second-order valence-electron chi connectivity index (χ2n) is 2.51. The van der Waals surface area contributed by atoms with Crippen molar-refractivity contribution >= 4 is 23.3 Å². The monoisotopic (exact) mass is 259 g/mol. The Morgan fingerprint density at radius 1 is 1.27 bits per heavy atom. The number of hydrogen-bond donors (Lipinski definition) is 1. The molecule has 0 atom stereocenters. The fourth-order valence-corrected chi connectivity index (χ4v) is 2.96. The molecule has 1 N–H and O–H groups in total. The zero-order valence-corrected chi connectivity index (χ0v) is 10.4. The van der Waals surface area contributed by atoms with E-state index in [1.54, 1.807) is 4.72 Å². The number of carbonyl (C=O) groups is 1. The van der Waals surface area contributed by atoms with E-state index in [2.05, 4.69) is 9.05 Å². The molecule has 15 heavy (non-hydrogen) atoms. The summed E-state index contributed by atoms with van der Waals surface area (Å²) in [5, 5.41) is 0. The third-order valence-electron chi connectivity index (χ3n) is 1.12. The second kappa shape index (κ2) is 5.60. The van der Waals surface area contributed by atoms with E-state index >= 15 is 0 Å². The lowest BCUT2D eigenvalue weighted by Crippen LogP contribution is -2.29. The van der Waals surface area contributed by atoms with E-state index < -0.39 is 23.3 Å². The molecule has 0 radical (unpaired) electrons. The molecule has 0 rings (SSSR count). The summed E-state index contributed by atoms with van der Waals surface area (Å²) in [4.78, 5) is 11.3. The zero-order chi connectivity index (χ0) is 12.1.